The Kier molecular flexibility index (Phi) is 5.72. The fraction of sp³-hybridized carbons (Fsp3) is 0.412. The smallest absolute Gasteiger partial charge is 0.417 e. The quantitative estimate of drug-likeness (QED) is 0.726. The van der Waals surface area contributed by atoms with Crippen LogP contribution in [0, 0.1) is 0 Å². The number of hydrogen-bond acceptors (Lipinski definition) is 4. The summed E-state index contributed by atoms with van der Waals surface area (Å²) in [4.78, 5) is 25.7. The zero-order valence-electron chi connectivity index (χ0n) is 12.7. The van der Waals surface area contributed by atoms with Crippen molar-refractivity contribution in [2.24, 2.45) is 0 Å². The van der Waals surface area contributed by atoms with Crippen LogP contribution in [0.1, 0.15) is 18.4 Å². The summed E-state index contributed by atoms with van der Waals surface area (Å²) in [7, 11) is 1.47. The molecule has 0 unspecified atom stereocenters. The van der Waals surface area contributed by atoms with Crippen LogP contribution in [0.2, 0.25) is 0 Å². The number of amides is 2. The molecule has 1 aromatic carbocycles. The summed E-state index contributed by atoms with van der Waals surface area (Å²) in [5.74, 6) is -0.340. The van der Waals surface area contributed by atoms with Gasteiger partial charge in [-0.3, -0.25) is 4.79 Å². The molecule has 2 amide bonds. The molecule has 0 radical (unpaired) electrons. The van der Waals surface area contributed by atoms with Gasteiger partial charge in [0.2, 0.25) is 0 Å². The predicted molar refractivity (Wildman–Crippen MR) is 82.4 cm³/mol. The fourth-order valence-electron chi connectivity index (χ4n) is 2.53. The minimum Gasteiger partial charge on any atom is -0.447 e. The van der Waals surface area contributed by atoms with Crippen LogP contribution in [0.5, 0.6) is 0 Å². The van der Waals surface area contributed by atoms with Crippen LogP contribution in [0.4, 0.5) is 4.79 Å². The number of carbonyl (C=O) groups is 2. The topological polar surface area (TPSA) is 55.8 Å². The van der Waals surface area contributed by atoms with Crippen LogP contribution in [-0.2, 0) is 20.7 Å². The molecule has 2 atom stereocenters. The van der Waals surface area contributed by atoms with Gasteiger partial charge in [-0.1, -0.05) is 36.4 Å². The number of ether oxygens (including phenoxy) is 2. The molecule has 1 heterocycles. The maximum absolute atomic E-state index is 12.6. The molecule has 0 N–H and O–H groups in total. The summed E-state index contributed by atoms with van der Waals surface area (Å²) in [6.07, 6.45) is 2.21. The Morgan fingerprint density at radius 2 is 2.23 bits per heavy atom. The highest BCUT2D eigenvalue weighted by Crippen LogP contribution is 2.20. The number of imide groups is 1. The van der Waals surface area contributed by atoms with E-state index in [4.69, 9.17) is 9.47 Å². The lowest BCUT2D eigenvalue weighted by Crippen LogP contribution is -2.46. The molecule has 1 aliphatic rings. The summed E-state index contributed by atoms with van der Waals surface area (Å²) in [6.45, 7) is 3.86. The SMILES string of the molecule is C=CCC[C@@H](OC)C(=O)N1C(=O)OC[C@H]1Cc1ccccc1. The second-order valence-corrected chi connectivity index (χ2v) is 5.22. The van der Waals surface area contributed by atoms with Gasteiger partial charge in [-0.15, -0.1) is 6.58 Å². The molecule has 0 aromatic heterocycles. The van der Waals surface area contributed by atoms with Gasteiger partial charge in [0.1, 0.15) is 12.7 Å². The Balaban J connectivity index is 2.09. The summed E-state index contributed by atoms with van der Waals surface area (Å²) in [6, 6.07) is 9.44. The summed E-state index contributed by atoms with van der Waals surface area (Å²) in [5.41, 5.74) is 1.06. The van der Waals surface area contributed by atoms with E-state index < -0.39 is 12.2 Å². The second kappa shape index (κ2) is 7.75. The van der Waals surface area contributed by atoms with Gasteiger partial charge in [-0.2, -0.15) is 0 Å². The molecule has 0 bridgehead atoms. The third kappa shape index (κ3) is 3.74. The first-order valence-corrected chi connectivity index (χ1v) is 7.34. The first kappa shape index (κ1) is 16.2. The van der Waals surface area contributed by atoms with Crippen molar-refractivity contribution in [3.05, 3.63) is 48.6 Å². The highest BCUT2D eigenvalue weighted by molar-refractivity contribution is 5.96. The van der Waals surface area contributed by atoms with Crippen molar-refractivity contribution in [1.82, 2.24) is 4.90 Å². The van der Waals surface area contributed by atoms with Gasteiger partial charge in [0.05, 0.1) is 6.04 Å². The Hall–Kier alpha value is -2.14. The van der Waals surface area contributed by atoms with Crippen molar-refractivity contribution >= 4 is 12.0 Å². The normalized spacial score (nSPS) is 18.9. The maximum Gasteiger partial charge on any atom is 0.417 e. The third-order valence-corrected chi connectivity index (χ3v) is 3.71. The van der Waals surface area contributed by atoms with E-state index in [1.807, 2.05) is 30.3 Å². The number of rotatable bonds is 7. The molecule has 1 fully saturated rings. The van der Waals surface area contributed by atoms with E-state index in [9.17, 15) is 9.59 Å². The molecule has 0 aliphatic carbocycles. The standard InChI is InChI=1S/C17H21NO4/c1-3-4-10-15(21-2)16(19)18-14(12-22-17(18)20)11-13-8-6-5-7-9-13/h3,5-9,14-15H,1,4,10-12H2,2H3/t14-,15-/m1/s1. The number of allylic oxidation sites excluding steroid dienone is 1. The van der Waals surface area contributed by atoms with Crippen LogP contribution in [0.25, 0.3) is 0 Å². The van der Waals surface area contributed by atoms with Crippen molar-refractivity contribution in [1.29, 1.82) is 0 Å². The monoisotopic (exact) mass is 303 g/mol. The Morgan fingerprint density at radius 3 is 2.86 bits per heavy atom. The number of carbonyl (C=O) groups excluding carboxylic acids is 2. The number of hydrogen-bond donors (Lipinski definition) is 0. The number of benzene rings is 1. The Morgan fingerprint density at radius 1 is 1.50 bits per heavy atom. The first-order valence-electron chi connectivity index (χ1n) is 7.34. The maximum atomic E-state index is 12.6. The zero-order valence-corrected chi connectivity index (χ0v) is 12.7. The van der Waals surface area contributed by atoms with Crippen LogP contribution >= 0.6 is 0 Å². The molecule has 2 rings (SSSR count). The van der Waals surface area contributed by atoms with Crippen molar-refractivity contribution in [2.75, 3.05) is 13.7 Å². The Labute approximate surface area is 130 Å². The first-order chi connectivity index (χ1) is 10.7. The van der Waals surface area contributed by atoms with Crippen LogP contribution in [0.15, 0.2) is 43.0 Å². The van der Waals surface area contributed by atoms with Gasteiger partial charge < -0.3 is 9.47 Å². The lowest BCUT2D eigenvalue weighted by Gasteiger charge is -2.24. The summed E-state index contributed by atoms with van der Waals surface area (Å²) >= 11 is 0. The largest absolute Gasteiger partial charge is 0.447 e. The molecule has 118 valence electrons. The van der Waals surface area contributed by atoms with Crippen LogP contribution in [-0.4, -0.2) is 42.8 Å². The van der Waals surface area contributed by atoms with Crippen molar-refractivity contribution in [3.63, 3.8) is 0 Å². The number of nitrogens with zero attached hydrogens (tertiary/aromatic N) is 1. The fourth-order valence-corrected chi connectivity index (χ4v) is 2.53. The average Bonchev–Trinajstić information content (AvgIpc) is 2.89. The van der Waals surface area contributed by atoms with Gasteiger partial charge in [-0.25, -0.2) is 9.69 Å². The zero-order chi connectivity index (χ0) is 15.9. The minimum atomic E-state index is -0.651. The molecule has 1 aromatic rings. The van der Waals surface area contributed by atoms with Gasteiger partial charge in [0.25, 0.3) is 5.91 Å². The molecule has 0 spiro atoms. The summed E-state index contributed by atoms with van der Waals surface area (Å²) < 4.78 is 10.3. The van der Waals surface area contributed by atoms with Gasteiger partial charge in [-0.05, 0) is 24.8 Å². The molecule has 1 aliphatic heterocycles. The van der Waals surface area contributed by atoms with Crippen molar-refractivity contribution in [3.8, 4) is 0 Å². The van der Waals surface area contributed by atoms with E-state index in [0.717, 1.165) is 5.56 Å². The lowest BCUT2D eigenvalue weighted by molar-refractivity contribution is -0.140. The van der Waals surface area contributed by atoms with E-state index >= 15 is 0 Å². The minimum absolute atomic E-state index is 0.220. The highest BCUT2D eigenvalue weighted by atomic mass is 16.6. The molecular formula is C17H21NO4. The van der Waals surface area contributed by atoms with E-state index in [2.05, 4.69) is 6.58 Å². The van der Waals surface area contributed by atoms with Gasteiger partial charge >= 0.3 is 6.09 Å². The third-order valence-electron chi connectivity index (χ3n) is 3.71. The average molecular weight is 303 g/mol. The van der Waals surface area contributed by atoms with Crippen molar-refractivity contribution in [2.45, 2.75) is 31.4 Å². The Bertz CT molecular complexity index is 529. The van der Waals surface area contributed by atoms with E-state index in [-0.39, 0.29) is 18.6 Å². The molecule has 22 heavy (non-hydrogen) atoms. The molecular weight excluding hydrogens is 282 g/mol. The van der Waals surface area contributed by atoms with Gasteiger partial charge in [0.15, 0.2) is 0 Å². The second-order valence-electron chi connectivity index (χ2n) is 5.22. The molecule has 5 nitrogen and oxygen atoms in total. The van der Waals surface area contributed by atoms with E-state index in [1.165, 1.54) is 12.0 Å². The van der Waals surface area contributed by atoms with Crippen LogP contribution in [0.3, 0.4) is 0 Å². The van der Waals surface area contributed by atoms with Gasteiger partial charge in [0, 0.05) is 7.11 Å². The number of methoxy groups -OCH3 is 1. The molecule has 5 heteroatoms. The van der Waals surface area contributed by atoms with E-state index in [0.29, 0.717) is 19.3 Å². The van der Waals surface area contributed by atoms with E-state index in [1.54, 1.807) is 6.08 Å². The molecule has 0 saturated carbocycles. The summed E-state index contributed by atoms with van der Waals surface area (Å²) in [5, 5.41) is 0. The lowest BCUT2D eigenvalue weighted by atomic mass is 10.0. The highest BCUT2D eigenvalue weighted by Gasteiger charge is 2.40. The van der Waals surface area contributed by atoms with Crippen LogP contribution < -0.4 is 0 Å². The predicted octanol–water partition coefficient (Wildman–Crippen LogP) is 2.56. The number of cyclic esters (lactones) is 1. The van der Waals surface area contributed by atoms with Crippen molar-refractivity contribution < 1.29 is 19.1 Å². The molecule has 1 saturated heterocycles.